The van der Waals surface area contributed by atoms with Crippen LogP contribution in [0.15, 0.2) is 24.3 Å². The Hall–Kier alpha value is -1.16. The molecule has 0 atom stereocenters. The lowest BCUT2D eigenvalue weighted by molar-refractivity contribution is 0.141. The van der Waals surface area contributed by atoms with Gasteiger partial charge in [-0.15, -0.1) is 0 Å². The highest BCUT2D eigenvalue weighted by atomic mass is 32.1. The highest BCUT2D eigenvalue weighted by Gasteiger charge is 2.31. The monoisotopic (exact) mass is 322 g/mol. The van der Waals surface area contributed by atoms with Gasteiger partial charge >= 0.3 is 0 Å². The lowest BCUT2D eigenvalue weighted by Crippen LogP contribution is -2.41. The maximum absolute atomic E-state index is 13.6. The van der Waals surface area contributed by atoms with Crippen molar-refractivity contribution in [1.82, 2.24) is 5.32 Å². The second-order valence-corrected chi connectivity index (χ2v) is 7.38. The van der Waals surface area contributed by atoms with Crippen molar-refractivity contribution in [3.63, 3.8) is 0 Å². The molecule has 0 radical (unpaired) electrons. The van der Waals surface area contributed by atoms with Gasteiger partial charge in [0.15, 0.2) is 5.11 Å². The van der Waals surface area contributed by atoms with Crippen LogP contribution in [0.4, 0.5) is 10.1 Å². The zero-order valence-corrected chi connectivity index (χ0v) is 14.6. The van der Waals surface area contributed by atoms with E-state index in [1.54, 1.807) is 18.2 Å². The van der Waals surface area contributed by atoms with Crippen molar-refractivity contribution >= 4 is 23.0 Å². The molecule has 0 heterocycles. The molecule has 0 aromatic heterocycles. The summed E-state index contributed by atoms with van der Waals surface area (Å²) < 4.78 is 13.6. The summed E-state index contributed by atoms with van der Waals surface area (Å²) in [6.07, 6.45) is 5.96. The molecule has 2 rings (SSSR count). The number of para-hydroxylation sites is 1. The molecule has 0 saturated heterocycles. The van der Waals surface area contributed by atoms with E-state index >= 15 is 0 Å². The van der Waals surface area contributed by atoms with Gasteiger partial charge in [-0.3, -0.25) is 0 Å². The average molecular weight is 322 g/mol. The number of halogens is 1. The maximum Gasteiger partial charge on any atom is 0.171 e. The molecular weight excluding hydrogens is 295 g/mol. The highest BCUT2D eigenvalue weighted by molar-refractivity contribution is 7.80. The molecule has 0 unspecified atom stereocenters. The maximum atomic E-state index is 13.6. The SMILES string of the molecule is CCC(C)(C)C1CCC(NC(=S)Nc2ccccc2F)CC1. The number of anilines is 1. The van der Waals surface area contributed by atoms with Crippen molar-refractivity contribution in [2.24, 2.45) is 11.3 Å². The Morgan fingerprint density at radius 3 is 2.45 bits per heavy atom. The van der Waals surface area contributed by atoms with Gasteiger partial charge < -0.3 is 10.6 Å². The van der Waals surface area contributed by atoms with Crippen LogP contribution in [0.3, 0.4) is 0 Å². The van der Waals surface area contributed by atoms with E-state index in [9.17, 15) is 4.39 Å². The molecule has 0 amide bonds. The Bertz CT molecular complexity index is 508. The van der Waals surface area contributed by atoms with Gasteiger partial charge in [-0.2, -0.15) is 0 Å². The number of benzene rings is 1. The molecular formula is C18H27FN2S. The molecule has 1 saturated carbocycles. The molecule has 1 aromatic carbocycles. The first-order valence-electron chi connectivity index (χ1n) is 8.24. The summed E-state index contributed by atoms with van der Waals surface area (Å²) in [5.74, 6) is 0.517. The number of rotatable bonds is 4. The van der Waals surface area contributed by atoms with Crippen molar-refractivity contribution in [2.75, 3.05) is 5.32 Å². The molecule has 1 aliphatic rings. The molecule has 1 aromatic rings. The molecule has 4 heteroatoms. The third kappa shape index (κ3) is 4.42. The lowest BCUT2D eigenvalue weighted by atomic mass is 9.69. The molecule has 2 nitrogen and oxygen atoms in total. The molecule has 0 bridgehead atoms. The van der Waals surface area contributed by atoms with Gasteiger partial charge in [0, 0.05) is 6.04 Å². The highest BCUT2D eigenvalue weighted by Crippen LogP contribution is 2.40. The average Bonchev–Trinajstić information content (AvgIpc) is 2.50. The van der Waals surface area contributed by atoms with Crippen LogP contribution in [-0.4, -0.2) is 11.2 Å². The van der Waals surface area contributed by atoms with Crippen LogP contribution in [0.25, 0.3) is 0 Å². The molecule has 0 spiro atoms. The lowest BCUT2D eigenvalue weighted by Gasteiger charge is -2.39. The zero-order valence-electron chi connectivity index (χ0n) is 13.8. The Kier molecular flexibility index (Phi) is 5.79. The zero-order chi connectivity index (χ0) is 16.2. The second-order valence-electron chi connectivity index (χ2n) is 6.97. The van der Waals surface area contributed by atoms with Gasteiger partial charge in [0.2, 0.25) is 0 Å². The van der Waals surface area contributed by atoms with E-state index < -0.39 is 0 Å². The molecule has 22 heavy (non-hydrogen) atoms. The summed E-state index contributed by atoms with van der Waals surface area (Å²) >= 11 is 5.31. The van der Waals surface area contributed by atoms with Crippen molar-refractivity contribution < 1.29 is 4.39 Å². The largest absolute Gasteiger partial charge is 0.360 e. The summed E-state index contributed by atoms with van der Waals surface area (Å²) in [6, 6.07) is 7.00. The summed E-state index contributed by atoms with van der Waals surface area (Å²) in [5.41, 5.74) is 0.859. The van der Waals surface area contributed by atoms with E-state index in [0.29, 0.717) is 22.3 Å². The number of hydrogen-bond acceptors (Lipinski definition) is 1. The van der Waals surface area contributed by atoms with Gasteiger partial charge in [0.1, 0.15) is 5.82 Å². The summed E-state index contributed by atoms with van der Waals surface area (Å²) in [4.78, 5) is 0. The minimum absolute atomic E-state index is 0.278. The van der Waals surface area contributed by atoms with E-state index in [1.165, 1.54) is 25.3 Å². The summed E-state index contributed by atoms with van der Waals surface area (Å²) in [5, 5.41) is 6.81. The van der Waals surface area contributed by atoms with E-state index in [2.05, 4.69) is 31.4 Å². The predicted molar refractivity (Wildman–Crippen MR) is 95.6 cm³/mol. The fourth-order valence-electron chi connectivity index (χ4n) is 3.21. The van der Waals surface area contributed by atoms with Crippen LogP contribution in [0.5, 0.6) is 0 Å². The Morgan fingerprint density at radius 2 is 1.86 bits per heavy atom. The summed E-state index contributed by atoms with van der Waals surface area (Å²) in [6.45, 7) is 7.02. The van der Waals surface area contributed by atoms with Crippen LogP contribution in [-0.2, 0) is 0 Å². The van der Waals surface area contributed by atoms with Crippen LogP contribution < -0.4 is 10.6 Å². The van der Waals surface area contributed by atoms with E-state index in [1.807, 2.05) is 0 Å². The quantitative estimate of drug-likeness (QED) is 0.754. The summed E-state index contributed by atoms with van der Waals surface area (Å²) in [7, 11) is 0. The number of thiocarbonyl (C=S) groups is 1. The first-order chi connectivity index (χ1) is 10.4. The molecule has 1 aliphatic carbocycles. The minimum Gasteiger partial charge on any atom is -0.360 e. The standard InChI is InChI=1S/C18H27FN2S/c1-4-18(2,3)13-9-11-14(12-10-13)20-17(22)21-16-8-6-5-7-15(16)19/h5-8,13-14H,4,9-12H2,1-3H3,(H2,20,21,22). The van der Waals surface area contributed by atoms with Crippen molar-refractivity contribution in [2.45, 2.75) is 58.9 Å². The topological polar surface area (TPSA) is 24.1 Å². The molecule has 1 fully saturated rings. The van der Waals surface area contributed by atoms with Gasteiger partial charge in [0.25, 0.3) is 0 Å². The second kappa shape index (κ2) is 7.40. The van der Waals surface area contributed by atoms with Crippen molar-refractivity contribution in [3.8, 4) is 0 Å². The van der Waals surface area contributed by atoms with E-state index in [-0.39, 0.29) is 5.82 Å². The van der Waals surface area contributed by atoms with Crippen molar-refractivity contribution in [1.29, 1.82) is 0 Å². The van der Waals surface area contributed by atoms with Gasteiger partial charge in [0.05, 0.1) is 5.69 Å². The van der Waals surface area contributed by atoms with Gasteiger partial charge in [-0.1, -0.05) is 39.3 Å². The first-order valence-corrected chi connectivity index (χ1v) is 8.65. The van der Waals surface area contributed by atoms with E-state index in [0.717, 1.165) is 18.8 Å². The Balaban J connectivity index is 1.81. The van der Waals surface area contributed by atoms with Gasteiger partial charge in [-0.05, 0) is 61.4 Å². The van der Waals surface area contributed by atoms with Crippen LogP contribution in [0.1, 0.15) is 52.9 Å². The minimum atomic E-state index is -0.278. The van der Waals surface area contributed by atoms with Crippen LogP contribution >= 0.6 is 12.2 Å². The Morgan fingerprint density at radius 1 is 1.23 bits per heavy atom. The van der Waals surface area contributed by atoms with Crippen molar-refractivity contribution in [3.05, 3.63) is 30.1 Å². The van der Waals surface area contributed by atoms with Gasteiger partial charge in [-0.25, -0.2) is 4.39 Å². The molecule has 2 N–H and O–H groups in total. The Labute approximate surface area is 138 Å². The normalized spacial score (nSPS) is 22.2. The molecule has 0 aliphatic heterocycles. The predicted octanol–water partition coefficient (Wildman–Crippen LogP) is 5.11. The van der Waals surface area contributed by atoms with Crippen LogP contribution in [0, 0.1) is 17.2 Å². The smallest absolute Gasteiger partial charge is 0.171 e. The number of hydrogen-bond donors (Lipinski definition) is 2. The fourth-order valence-corrected chi connectivity index (χ4v) is 3.49. The van der Waals surface area contributed by atoms with E-state index in [4.69, 9.17) is 12.2 Å². The third-order valence-corrected chi connectivity index (χ3v) is 5.42. The number of nitrogens with one attached hydrogen (secondary N) is 2. The van der Waals surface area contributed by atoms with Crippen LogP contribution in [0.2, 0.25) is 0 Å². The fraction of sp³-hybridized carbons (Fsp3) is 0.611. The first kappa shape index (κ1) is 17.2. The molecule has 122 valence electrons. The third-order valence-electron chi connectivity index (χ3n) is 5.20.